The summed E-state index contributed by atoms with van der Waals surface area (Å²) in [4.78, 5) is 11.9. The fraction of sp³-hybridized carbons (Fsp3) is 0.0667. The predicted octanol–water partition coefficient (Wildman–Crippen LogP) is 1.87. The van der Waals surface area contributed by atoms with E-state index >= 15 is 0 Å². The highest BCUT2D eigenvalue weighted by Crippen LogP contribution is 2.26. The summed E-state index contributed by atoms with van der Waals surface area (Å²) in [5.41, 5.74) is 3.11. The molecule has 0 aliphatic rings. The van der Waals surface area contributed by atoms with Crippen molar-refractivity contribution in [3.8, 4) is 17.2 Å². The largest absolute Gasteiger partial charge is 0.507 e. The van der Waals surface area contributed by atoms with E-state index in [2.05, 4.69) is 10.5 Å². The van der Waals surface area contributed by atoms with Crippen molar-refractivity contribution in [3.63, 3.8) is 0 Å². The summed E-state index contributed by atoms with van der Waals surface area (Å²) in [6, 6.07) is 10.8. The van der Waals surface area contributed by atoms with Gasteiger partial charge in [-0.2, -0.15) is 5.10 Å². The third-order valence-corrected chi connectivity index (χ3v) is 2.75. The zero-order valence-corrected chi connectivity index (χ0v) is 11.3. The quantitative estimate of drug-likeness (QED) is 0.591. The normalized spacial score (nSPS) is 10.5. The number of methoxy groups -OCH3 is 1. The Kier molecular flexibility index (Phi) is 4.40. The zero-order valence-electron chi connectivity index (χ0n) is 11.3. The van der Waals surface area contributed by atoms with Gasteiger partial charge in [-0.05, 0) is 30.3 Å². The minimum atomic E-state index is -0.458. The first kappa shape index (κ1) is 14.4. The second-order valence-corrected chi connectivity index (χ2v) is 4.14. The zero-order chi connectivity index (χ0) is 15.2. The summed E-state index contributed by atoms with van der Waals surface area (Å²) in [7, 11) is 1.40. The van der Waals surface area contributed by atoms with Gasteiger partial charge in [-0.1, -0.05) is 12.1 Å². The number of para-hydroxylation sites is 1. The van der Waals surface area contributed by atoms with Crippen molar-refractivity contribution in [2.75, 3.05) is 7.11 Å². The van der Waals surface area contributed by atoms with Gasteiger partial charge in [0.25, 0.3) is 5.91 Å². The molecule has 0 aromatic heterocycles. The fourth-order valence-electron chi connectivity index (χ4n) is 1.64. The molecule has 21 heavy (non-hydrogen) atoms. The van der Waals surface area contributed by atoms with Gasteiger partial charge in [0.15, 0.2) is 11.5 Å². The first-order chi connectivity index (χ1) is 10.1. The number of carbonyl (C=O) groups is 1. The molecule has 0 radical (unpaired) electrons. The van der Waals surface area contributed by atoms with Crippen LogP contribution in [0.2, 0.25) is 0 Å². The Morgan fingerprint density at radius 3 is 2.67 bits per heavy atom. The molecule has 1 amide bonds. The molecule has 0 bridgehead atoms. The molecular formula is C15H14N2O4. The summed E-state index contributed by atoms with van der Waals surface area (Å²) >= 11 is 0. The number of carbonyl (C=O) groups excluding carboxylic acids is 1. The highest BCUT2D eigenvalue weighted by molar-refractivity contribution is 5.95. The fourth-order valence-corrected chi connectivity index (χ4v) is 1.64. The van der Waals surface area contributed by atoms with E-state index in [0.717, 1.165) is 0 Å². The summed E-state index contributed by atoms with van der Waals surface area (Å²) in [6.07, 6.45) is 1.34. The molecule has 0 aliphatic carbocycles. The molecule has 0 heterocycles. The molecule has 0 unspecified atom stereocenters. The summed E-state index contributed by atoms with van der Waals surface area (Å²) in [5.74, 6) is -0.235. The smallest absolute Gasteiger partial charge is 0.271 e. The Labute approximate surface area is 121 Å². The van der Waals surface area contributed by atoms with Gasteiger partial charge >= 0.3 is 0 Å². The average Bonchev–Trinajstić information content (AvgIpc) is 2.49. The van der Waals surface area contributed by atoms with Crippen LogP contribution in [0.3, 0.4) is 0 Å². The topological polar surface area (TPSA) is 91.2 Å². The van der Waals surface area contributed by atoms with Crippen molar-refractivity contribution in [2.45, 2.75) is 0 Å². The molecule has 0 aliphatic heterocycles. The van der Waals surface area contributed by atoms with E-state index in [1.807, 2.05) is 0 Å². The van der Waals surface area contributed by atoms with Crippen LogP contribution in [-0.4, -0.2) is 29.4 Å². The monoisotopic (exact) mass is 286 g/mol. The molecule has 2 aromatic rings. The van der Waals surface area contributed by atoms with E-state index < -0.39 is 5.91 Å². The maximum Gasteiger partial charge on any atom is 0.271 e. The number of hydrogen-bond acceptors (Lipinski definition) is 5. The molecular weight excluding hydrogens is 272 g/mol. The number of nitrogens with zero attached hydrogens (tertiary/aromatic N) is 1. The van der Waals surface area contributed by atoms with Crippen LogP contribution in [0.15, 0.2) is 47.6 Å². The maximum atomic E-state index is 11.9. The lowest BCUT2D eigenvalue weighted by Gasteiger charge is -2.05. The second kappa shape index (κ2) is 6.42. The van der Waals surface area contributed by atoms with Crippen LogP contribution >= 0.6 is 0 Å². The number of benzene rings is 2. The lowest BCUT2D eigenvalue weighted by Crippen LogP contribution is -2.17. The number of ether oxygens (including phenoxy) is 1. The Bertz CT molecular complexity index is 683. The van der Waals surface area contributed by atoms with E-state index in [9.17, 15) is 15.0 Å². The maximum absolute atomic E-state index is 11.9. The molecule has 6 heteroatoms. The van der Waals surface area contributed by atoms with Crippen molar-refractivity contribution in [2.24, 2.45) is 5.10 Å². The SMILES string of the molecule is COc1cc(C(=O)N/N=C/c2ccccc2O)ccc1O. The summed E-state index contributed by atoms with van der Waals surface area (Å²) in [5, 5.41) is 22.8. The van der Waals surface area contributed by atoms with E-state index in [1.165, 1.54) is 37.6 Å². The first-order valence-electron chi connectivity index (χ1n) is 6.10. The van der Waals surface area contributed by atoms with Crippen molar-refractivity contribution < 1.29 is 19.7 Å². The lowest BCUT2D eigenvalue weighted by molar-refractivity contribution is 0.0954. The number of amides is 1. The number of hydrogen-bond donors (Lipinski definition) is 3. The van der Waals surface area contributed by atoms with Gasteiger partial charge in [0, 0.05) is 11.1 Å². The number of hydrazone groups is 1. The minimum absolute atomic E-state index is 0.0493. The predicted molar refractivity (Wildman–Crippen MR) is 77.8 cm³/mol. The molecule has 108 valence electrons. The van der Waals surface area contributed by atoms with Crippen molar-refractivity contribution in [1.29, 1.82) is 0 Å². The number of aromatic hydroxyl groups is 2. The number of phenols is 2. The number of nitrogens with one attached hydrogen (secondary N) is 1. The van der Waals surface area contributed by atoms with Crippen LogP contribution in [0.1, 0.15) is 15.9 Å². The van der Waals surface area contributed by atoms with Gasteiger partial charge in [0.2, 0.25) is 0 Å². The van der Waals surface area contributed by atoms with Gasteiger partial charge in [0.1, 0.15) is 5.75 Å². The van der Waals surface area contributed by atoms with Gasteiger partial charge in [0.05, 0.1) is 13.3 Å². The second-order valence-electron chi connectivity index (χ2n) is 4.14. The molecule has 0 spiro atoms. The Balaban J connectivity index is 2.07. The van der Waals surface area contributed by atoms with E-state index in [4.69, 9.17) is 4.74 Å². The van der Waals surface area contributed by atoms with Crippen LogP contribution < -0.4 is 10.2 Å². The van der Waals surface area contributed by atoms with Crippen molar-refractivity contribution in [3.05, 3.63) is 53.6 Å². The molecule has 3 N–H and O–H groups in total. The Morgan fingerprint density at radius 1 is 1.19 bits per heavy atom. The summed E-state index contributed by atoms with van der Waals surface area (Å²) in [6.45, 7) is 0. The van der Waals surface area contributed by atoms with Gasteiger partial charge < -0.3 is 14.9 Å². The highest BCUT2D eigenvalue weighted by atomic mass is 16.5. The summed E-state index contributed by atoms with van der Waals surface area (Å²) < 4.78 is 4.92. The number of phenolic OH excluding ortho intramolecular Hbond substituents is 2. The van der Waals surface area contributed by atoms with Crippen LogP contribution in [0.25, 0.3) is 0 Å². The average molecular weight is 286 g/mol. The van der Waals surface area contributed by atoms with E-state index in [0.29, 0.717) is 11.1 Å². The third kappa shape index (κ3) is 3.50. The van der Waals surface area contributed by atoms with Gasteiger partial charge in [-0.15, -0.1) is 0 Å². The number of rotatable bonds is 4. The molecule has 0 atom stereocenters. The standard InChI is InChI=1S/C15H14N2O4/c1-21-14-8-10(6-7-13(14)19)15(20)17-16-9-11-4-2-3-5-12(11)18/h2-9,18-19H,1H3,(H,17,20)/b16-9+. The lowest BCUT2D eigenvalue weighted by atomic mass is 10.2. The van der Waals surface area contributed by atoms with Crippen molar-refractivity contribution in [1.82, 2.24) is 5.43 Å². The Morgan fingerprint density at radius 2 is 1.95 bits per heavy atom. The minimum Gasteiger partial charge on any atom is -0.507 e. The van der Waals surface area contributed by atoms with Gasteiger partial charge in [-0.25, -0.2) is 5.43 Å². The van der Waals surface area contributed by atoms with Crippen LogP contribution in [0.4, 0.5) is 0 Å². The molecule has 6 nitrogen and oxygen atoms in total. The van der Waals surface area contributed by atoms with Crippen LogP contribution in [-0.2, 0) is 0 Å². The highest BCUT2D eigenvalue weighted by Gasteiger charge is 2.08. The van der Waals surface area contributed by atoms with E-state index in [-0.39, 0.29) is 17.2 Å². The van der Waals surface area contributed by atoms with Crippen LogP contribution in [0.5, 0.6) is 17.2 Å². The molecule has 0 saturated heterocycles. The first-order valence-corrected chi connectivity index (χ1v) is 6.10. The third-order valence-electron chi connectivity index (χ3n) is 2.75. The molecule has 2 aromatic carbocycles. The van der Waals surface area contributed by atoms with Gasteiger partial charge in [-0.3, -0.25) is 4.79 Å². The molecule has 2 rings (SSSR count). The molecule has 0 saturated carbocycles. The van der Waals surface area contributed by atoms with E-state index in [1.54, 1.807) is 18.2 Å². The molecule has 0 fully saturated rings. The Hall–Kier alpha value is -3.02. The van der Waals surface area contributed by atoms with Crippen LogP contribution in [0, 0.1) is 0 Å². The van der Waals surface area contributed by atoms with Crippen molar-refractivity contribution >= 4 is 12.1 Å².